The maximum atomic E-state index is 11.6. The van der Waals surface area contributed by atoms with Crippen molar-refractivity contribution in [3.05, 3.63) is 55.0 Å². The van der Waals surface area contributed by atoms with Gasteiger partial charge in [0.25, 0.3) is 0 Å². The van der Waals surface area contributed by atoms with Gasteiger partial charge in [0.1, 0.15) is 0 Å². The normalized spacial score (nSPS) is 39.9. The van der Waals surface area contributed by atoms with Crippen LogP contribution in [0.1, 0.15) is 56.6 Å². The third kappa shape index (κ3) is 2.36. The molecule has 4 saturated carbocycles. The number of nitrogens with zero attached hydrogens (tertiary/aromatic N) is 2. The number of benzene rings is 1. The molecular formula is C25H30N2O2. The van der Waals surface area contributed by atoms with E-state index >= 15 is 0 Å². The zero-order valence-electron chi connectivity index (χ0n) is 16.9. The van der Waals surface area contributed by atoms with Crippen LogP contribution >= 0.6 is 0 Å². The Morgan fingerprint density at radius 3 is 2.72 bits per heavy atom. The van der Waals surface area contributed by atoms with Gasteiger partial charge in [-0.05, 0) is 73.7 Å². The Bertz CT molecular complexity index is 947. The van der Waals surface area contributed by atoms with Crippen molar-refractivity contribution >= 4 is 0 Å². The van der Waals surface area contributed by atoms with E-state index in [1.165, 1.54) is 11.1 Å². The predicted octanol–water partition coefficient (Wildman–Crippen LogP) is 4.34. The molecule has 2 aromatic rings. The lowest BCUT2D eigenvalue weighted by molar-refractivity contribution is -0.223. The SMILES string of the molecule is C=CCC1(O)C2CC3CC1CC(C(O)CC1c4ccccc4-c4cncn41)(C3)C2. The molecule has 1 aliphatic heterocycles. The van der Waals surface area contributed by atoms with E-state index < -0.39 is 5.60 Å². The highest BCUT2D eigenvalue weighted by Crippen LogP contribution is 2.66. The van der Waals surface area contributed by atoms with Crippen LogP contribution in [-0.4, -0.2) is 31.5 Å². The molecular weight excluding hydrogens is 360 g/mol. The Morgan fingerprint density at radius 1 is 1.21 bits per heavy atom. The van der Waals surface area contributed by atoms with Gasteiger partial charge in [0, 0.05) is 5.56 Å². The molecule has 4 bridgehead atoms. The van der Waals surface area contributed by atoms with Crippen LogP contribution in [0.25, 0.3) is 11.3 Å². The fourth-order valence-electron chi connectivity index (χ4n) is 7.74. The summed E-state index contributed by atoms with van der Waals surface area (Å²) in [5, 5.41) is 23.1. The molecule has 0 saturated heterocycles. The Balaban J connectivity index is 1.31. The van der Waals surface area contributed by atoms with Crippen LogP contribution in [0.15, 0.2) is 49.4 Å². The first kappa shape index (κ1) is 17.9. The van der Waals surface area contributed by atoms with E-state index in [1.807, 2.05) is 18.6 Å². The molecule has 4 aliphatic carbocycles. The molecule has 152 valence electrons. The summed E-state index contributed by atoms with van der Waals surface area (Å²) in [5.74, 6) is 1.27. The summed E-state index contributed by atoms with van der Waals surface area (Å²) in [6, 6.07) is 8.68. The summed E-state index contributed by atoms with van der Waals surface area (Å²) >= 11 is 0. The Hall–Kier alpha value is -1.91. The highest BCUT2D eigenvalue weighted by atomic mass is 16.3. The third-order valence-electron chi connectivity index (χ3n) is 8.87. The highest BCUT2D eigenvalue weighted by Gasteiger charge is 2.63. The summed E-state index contributed by atoms with van der Waals surface area (Å²) in [4.78, 5) is 4.37. The molecule has 0 amide bonds. The molecule has 2 N–H and O–H groups in total. The van der Waals surface area contributed by atoms with Gasteiger partial charge in [-0.15, -0.1) is 6.58 Å². The van der Waals surface area contributed by atoms with Crippen LogP contribution in [0, 0.1) is 23.2 Å². The predicted molar refractivity (Wildman–Crippen MR) is 112 cm³/mol. The lowest BCUT2D eigenvalue weighted by Crippen LogP contribution is -2.63. The first-order valence-electron chi connectivity index (χ1n) is 11.2. The maximum absolute atomic E-state index is 11.6. The summed E-state index contributed by atoms with van der Waals surface area (Å²) < 4.78 is 2.24. The number of aromatic nitrogens is 2. The van der Waals surface area contributed by atoms with E-state index in [1.54, 1.807) is 0 Å². The Morgan fingerprint density at radius 2 is 1.97 bits per heavy atom. The van der Waals surface area contributed by atoms with Crippen molar-refractivity contribution < 1.29 is 10.2 Å². The average molecular weight is 391 g/mol. The quantitative estimate of drug-likeness (QED) is 0.747. The lowest BCUT2D eigenvalue weighted by Gasteiger charge is -2.64. The van der Waals surface area contributed by atoms with Crippen molar-refractivity contribution in [2.45, 2.75) is 62.7 Å². The second-order valence-electron chi connectivity index (χ2n) is 10.2. The van der Waals surface area contributed by atoms with E-state index in [9.17, 15) is 10.2 Å². The van der Waals surface area contributed by atoms with Crippen LogP contribution in [0.3, 0.4) is 0 Å². The number of fused-ring (bicyclic) bond motifs is 3. The summed E-state index contributed by atoms with van der Waals surface area (Å²) in [6.45, 7) is 3.90. The fraction of sp³-hybridized carbons (Fsp3) is 0.560. The van der Waals surface area contributed by atoms with Gasteiger partial charge in [0.2, 0.25) is 0 Å². The number of aliphatic hydroxyl groups excluding tert-OH is 1. The Kier molecular flexibility index (Phi) is 3.74. The lowest BCUT2D eigenvalue weighted by atomic mass is 9.42. The number of rotatable bonds is 5. The number of imidazole rings is 1. The van der Waals surface area contributed by atoms with E-state index in [0.29, 0.717) is 24.2 Å². The average Bonchev–Trinajstić information content (AvgIpc) is 3.29. The van der Waals surface area contributed by atoms with Gasteiger partial charge in [0.15, 0.2) is 0 Å². The molecule has 4 unspecified atom stereocenters. The van der Waals surface area contributed by atoms with Gasteiger partial charge >= 0.3 is 0 Å². The summed E-state index contributed by atoms with van der Waals surface area (Å²) in [5.41, 5.74) is 3.07. The van der Waals surface area contributed by atoms with Crippen molar-refractivity contribution in [2.75, 3.05) is 0 Å². The topological polar surface area (TPSA) is 58.3 Å². The minimum Gasteiger partial charge on any atom is -0.392 e. The fourth-order valence-corrected chi connectivity index (χ4v) is 7.74. The maximum Gasteiger partial charge on any atom is 0.0956 e. The molecule has 1 aromatic carbocycles. The van der Waals surface area contributed by atoms with Crippen molar-refractivity contribution in [2.24, 2.45) is 23.2 Å². The minimum atomic E-state index is -0.598. The van der Waals surface area contributed by atoms with E-state index in [-0.39, 0.29) is 17.6 Å². The molecule has 0 spiro atoms. The monoisotopic (exact) mass is 390 g/mol. The first-order chi connectivity index (χ1) is 14.0. The molecule has 29 heavy (non-hydrogen) atoms. The van der Waals surface area contributed by atoms with E-state index in [4.69, 9.17) is 0 Å². The Labute approximate surface area is 172 Å². The van der Waals surface area contributed by atoms with Crippen LogP contribution < -0.4 is 0 Å². The van der Waals surface area contributed by atoms with Crippen LogP contribution in [0.4, 0.5) is 0 Å². The summed E-state index contributed by atoms with van der Waals surface area (Å²) in [7, 11) is 0. The standard InChI is InChI=1S/C25H30N2O2/c1-2-7-25(29)17-8-16-9-18(25)13-24(11-16,12-17)23(28)10-21-19-5-3-4-6-20(19)22-14-26-15-27(21)22/h2-6,14-18,21,23,28-29H,1,7-13H2. The van der Waals surface area contributed by atoms with Gasteiger partial charge in [-0.25, -0.2) is 4.98 Å². The van der Waals surface area contributed by atoms with Gasteiger partial charge in [-0.1, -0.05) is 30.3 Å². The first-order valence-corrected chi connectivity index (χ1v) is 11.2. The smallest absolute Gasteiger partial charge is 0.0956 e. The second-order valence-corrected chi connectivity index (χ2v) is 10.2. The molecule has 5 aliphatic rings. The molecule has 4 atom stereocenters. The van der Waals surface area contributed by atoms with Crippen molar-refractivity contribution in [1.82, 2.24) is 9.55 Å². The van der Waals surface area contributed by atoms with E-state index in [2.05, 4.69) is 40.4 Å². The van der Waals surface area contributed by atoms with Gasteiger partial charge in [-0.3, -0.25) is 0 Å². The molecule has 4 heteroatoms. The van der Waals surface area contributed by atoms with Gasteiger partial charge < -0.3 is 14.8 Å². The largest absolute Gasteiger partial charge is 0.392 e. The zero-order valence-corrected chi connectivity index (χ0v) is 16.9. The number of hydrogen-bond donors (Lipinski definition) is 2. The van der Waals surface area contributed by atoms with Crippen LogP contribution in [0.2, 0.25) is 0 Å². The minimum absolute atomic E-state index is 0.0395. The molecule has 1 aromatic heterocycles. The number of hydrogen-bond acceptors (Lipinski definition) is 3. The summed E-state index contributed by atoms with van der Waals surface area (Å²) in [6.07, 6.45) is 12.1. The third-order valence-corrected chi connectivity index (χ3v) is 8.87. The molecule has 2 heterocycles. The zero-order chi connectivity index (χ0) is 19.8. The van der Waals surface area contributed by atoms with Crippen molar-refractivity contribution in [1.29, 1.82) is 0 Å². The van der Waals surface area contributed by atoms with Gasteiger partial charge in [-0.2, -0.15) is 0 Å². The van der Waals surface area contributed by atoms with Gasteiger partial charge in [0.05, 0.1) is 36.0 Å². The van der Waals surface area contributed by atoms with Crippen molar-refractivity contribution in [3.63, 3.8) is 0 Å². The molecule has 4 nitrogen and oxygen atoms in total. The molecule has 7 rings (SSSR count). The highest BCUT2D eigenvalue weighted by molar-refractivity contribution is 5.68. The molecule has 0 radical (unpaired) electrons. The van der Waals surface area contributed by atoms with Crippen LogP contribution in [-0.2, 0) is 0 Å². The second kappa shape index (κ2) is 6.05. The van der Waals surface area contributed by atoms with Crippen LogP contribution in [0.5, 0.6) is 0 Å². The van der Waals surface area contributed by atoms with E-state index in [0.717, 1.165) is 44.2 Å². The van der Waals surface area contributed by atoms with Crippen molar-refractivity contribution in [3.8, 4) is 11.3 Å². The number of aliphatic hydroxyl groups is 2. The molecule has 4 fully saturated rings.